The minimum atomic E-state index is 0.0318. The highest BCUT2D eigenvalue weighted by atomic mass is 16.5. The summed E-state index contributed by atoms with van der Waals surface area (Å²) in [7, 11) is 1.60. The number of hydrogen-bond donors (Lipinski definition) is 2. The maximum absolute atomic E-state index is 9.51. The Morgan fingerprint density at radius 1 is 1.08 bits per heavy atom. The van der Waals surface area contributed by atoms with Crippen molar-refractivity contribution in [2.24, 2.45) is 0 Å². The van der Waals surface area contributed by atoms with E-state index >= 15 is 0 Å². The lowest BCUT2D eigenvalue weighted by Crippen LogP contribution is -2.06. The Morgan fingerprint density at radius 2 is 1.81 bits per heavy atom. The molecule has 0 bridgehead atoms. The molecule has 0 aliphatic carbocycles. The minimum Gasteiger partial charge on any atom is -0.497 e. The third-order valence-corrected chi connectivity index (χ3v) is 3.47. The first-order chi connectivity index (χ1) is 12.7. The van der Waals surface area contributed by atoms with Crippen LogP contribution in [0, 0.1) is 11.3 Å². The number of nitrogens with zero attached hydrogens (tertiary/aromatic N) is 4. The molecule has 0 aliphatic heterocycles. The van der Waals surface area contributed by atoms with Crippen LogP contribution in [-0.2, 0) is 0 Å². The molecule has 0 atom stereocenters. The van der Waals surface area contributed by atoms with Gasteiger partial charge in [0.2, 0.25) is 11.9 Å². The van der Waals surface area contributed by atoms with Gasteiger partial charge in [-0.2, -0.15) is 20.2 Å². The number of aromatic nitrogens is 3. The van der Waals surface area contributed by atoms with Crippen LogP contribution in [0.1, 0.15) is 11.4 Å². The molecular formula is C19H16N6O. The lowest BCUT2D eigenvalue weighted by atomic mass is 10.1. The highest BCUT2D eigenvalue weighted by molar-refractivity contribution is 5.87. The number of rotatable bonds is 5. The van der Waals surface area contributed by atoms with Crippen molar-refractivity contribution in [1.29, 1.82) is 5.26 Å². The van der Waals surface area contributed by atoms with Gasteiger partial charge >= 0.3 is 0 Å². The number of nitriles is 1. The van der Waals surface area contributed by atoms with E-state index in [1.807, 2.05) is 54.6 Å². The molecule has 0 fully saturated rings. The standard InChI is InChI=1S/C19H16N6O/c1-26-16-9-7-13(8-10-16)11-14(12-20)17-23-18(21)25-19(24-17)22-15-5-3-2-4-6-15/h2-11H,1H3,(H3,21,22,23,24,25). The molecule has 1 aromatic heterocycles. The molecule has 1 heterocycles. The van der Waals surface area contributed by atoms with Crippen LogP contribution in [0.5, 0.6) is 5.75 Å². The van der Waals surface area contributed by atoms with E-state index in [0.29, 0.717) is 0 Å². The predicted octanol–water partition coefficient (Wildman–Crippen LogP) is 3.27. The van der Waals surface area contributed by atoms with Gasteiger partial charge in [-0.1, -0.05) is 30.3 Å². The van der Waals surface area contributed by atoms with Gasteiger partial charge in [0.1, 0.15) is 11.8 Å². The van der Waals surface area contributed by atoms with E-state index in [-0.39, 0.29) is 23.3 Å². The van der Waals surface area contributed by atoms with Crippen molar-refractivity contribution >= 4 is 29.2 Å². The van der Waals surface area contributed by atoms with Gasteiger partial charge < -0.3 is 15.8 Å². The van der Waals surface area contributed by atoms with E-state index in [1.165, 1.54) is 0 Å². The number of benzene rings is 2. The Morgan fingerprint density at radius 3 is 2.46 bits per heavy atom. The number of anilines is 3. The largest absolute Gasteiger partial charge is 0.497 e. The summed E-state index contributed by atoms with van der Waals surface area (Å²) in [6, 6.07) is 18.8. The van der Waals surface area contributed by atoms with Gasteiger partial charge in [-0.15, -0.1) is 0 Å². The van der Waals surface area contributed by atoms with Gasteiger partial charge in [0.25, 0.3) is 0 Å². The molecule has 7 heteroatoms. The molecule has 3 aromatic rings. The van der Waals surface area contributed by atoms with Crippen LogP contribution in [0.3, 0.4) is 0 Å². The van der Waals surface area contributed by atoms with Gasteiger partial charge in [-0.25, -0.2) is 0 Å². The molecule has 0 radical (unpaired) electrons. The van der Waals surface area contributed by atoms with Crippen molar-refractivity contribution in [3.8, 4) is 11.8 Å². The molecule has 0 unspecified atom stereocenters. The van der Waals surface area contributed by atoms with Gasteiger partial charge in [0.05, 0.1) is 12.7 Å². The quantitative estimate of drug-likeness (QED) is 0.683. The van der Waals surface area contributed by atoms with E-state index in [4.69, 9.17) is 10.5 Å². The van der Waals surface area contributed by atoms with E-state index in [9.17, 15) is 5.26 Å². The number of para-hydroxylation sites is 1. The number of hydrogen-bond acceptors (Lipinski definition) is 7. The van der Waals surface area contributed by atoms with Gasteiger partial charge in [-0.05, 0) is 35.9 Å². The van der Waals surface area contributed by atoms with Crippen LogP contribution in [-0.4, -0.2) is 22.1 Å². The van der Waals surface area contributed by atoms with E-state index < -0.39 is 0 Å². The Labute approximate surface area is 150 Å². The summed E-state index contributed by atoms with van der Waals surface area (Å²) in [5, 5.41) is 12.6. The SMILES string of the molecule is COc1ccc(C=C(C#N)c2nc(N)nc(Nc3ccccc3)n2)cc1. The molecule has 0 spiro atoms. The summed E-state index contributed by atoms with van der Waals surface area (Å²) >= 11 is 0. The molecule has 0 saturated carbocycles. The average molecular weight is 344 g/mol. The predicted molar refractivity (Wildman–Crippen MR) is 100 cm³/mol. The van der Waals surface area contributed by atoms with Crippen molar-refractivity contribution < 1.29 is 4.74 Å². The number of nitrogens with one attached hydrogen (secondary N) is 1. The zero-order valence-corrected chi connectivity index (χ0v) is 14.0. The van der Waals surface area contributed by atoms with E-state index in [0.717, 1.165) is 17.0 Å². The number of nitrogens with two attached hydrogens (primary N) is 1. The molecule has 26 heavy (non-hydrogen) atoms. The first-order valence-corrected chi connectivity index (χ1v) is 7.78. The van der Waals surface area contributed by atoms with Gasteiger partial charge in [0.15, 0.2) is 5.82 Å². The fraction of sp³-hybridized carbons (Fsp3) is 0.0526. The summed E-state index contributed by atoms with van der Waals surface area (Å²) in [6.07, 6.45) is 1.68. The van der Waals surface area contributed by atoms with Crippen LogP contribution in [0.25, 0.3) is 11.6 Å². The van der Waals surface area contributed by atoms with Crippen molar-refractivity contribution in [1.82, 2.24) is 15.0 Å². The molecule has 3 rings (SSSR count). The summed E-state index contributed by atoms with van der Waals surface area (Å²) in [5.74, 6) is 1.24. The Bertz CT molecular complexity index is 962. The van der Waals surface area contributed by atoms with Crippen LogP contribution >= 0.6 is 0 Å². The fourth-order valence-corrected chi connectivity index (χ4v) is 2.23. The maximum atomic E-state index is 9.51. The van der Waals surface area contributed by atoms with E-state index in [1.54, 1.807) is 13.2 Å². The first kappa shape index (κ1) is 16.9. The second kappa shape index (κ2) is 7.77. The number of ether oxygens (including phenoxy) is 1. The fourth-order valence-electron chi connectivity index (χ4n) is 2.23. The van der Waals surface area contributed by atoms with Crippen LogP contribution in [0.15, 0.2) is 54.6 Å². The van der Waals surface area contributed by atoms with Crippen molar-refractivity contribution in [2.45, 2.75) is 0 Å². The van der Waals surface area contributed by atoms with Crippen LogP contribution in [0.4, 0.5) is 17.6 Å². The lowest BCUT2D eigenvalue weighted by molar-refractivity contribution is 0.415. The molecular weight excluding hydrogens is 328 g/mol. The average Bonchev–Trinajstić information content (AvgIpc) is 2.67. The normalized spacial score (nSPS) is 10.8. The topological polar surface area (TPSA) is 110 Å². The van der Waals surface area contributed by atoms with Gasteiger partial charge in [0, 0.05) is 5.69 Å². The number of methoxy groups -OCH3 is 1. The zero-order valence-electron chi connectivity index (χ0n) is 14.0. The van der Waals surface area contributed by atoms with Crippen molar-refractivity contribution in [2.75, 3.05) is 18.2 Å². The van der Waals surface area contributed by atoms with Crippen LogP contribution in [0.2, 0.25) is 0 Å². The van der Waals surface area contributed by atoms with Crippen molar-refractivity contribution in [3.63, 3.8) is 0 Å². The zero-order chi connectivity index (χ0) is 18.4. The second-order valence-electron chi connectivity index (χ2n) is 5.27. The number of allylic oxidation sites excluding steroid dienone is 1. The first-order valence-electron chi connectivity index (χ1n) is 7.78. The third-order valence-electron chi connectivity index (χ3n) is 3.47. The summed E-state index contributed by atoms with van der Waals surface area (Å²) < 4.78 is 5.13. The highest BCUT2D eigenvalue weighted by Gasteiger charge is 2.10. The van der Waals surface area contributed by atoms with Crippen molar-refractivity contribution in [3.05, 3.63) is 66.0 Å². The summed E-state index contributed by atoms with van der Waals surface area (Å²) in [5.41, 5.74) is 7.69. The monoisotopic (exact) mass is 344 g/mol. The Kier molecular flexibility index (Phi) is 5.05. The Hall–Kier alpha value is -3.92. The molecule has 7 nitrogen and oxygen atoms in total. The molecule has 3 N–H and O–H groups in total. The summed E-state index contributed by atoms with van der Waals surface area (Å²) in [6.45, 7) is 0. The molecule has 0 amide bonds. The second-order valence-corrected chi connectivity index (χ2v) is 5.27. The highest BCUT2D eigenvalue weighted by Crippen LogP contribution is 2.20. The smallest absolute Gasteiger partial charge is 0.232 e. The third kappa shape index (κ3) is 4.13. The number of nitrogen functional groups attached to an aromatic ring is 1. The lowest BCUT2D eigenvalue weighted by Gasteiger charge is -2.07. The molecule has 128 valence electrons. The maximum Gasteiger partial charge on any atom is 0.232 e. The minimum absolute atomic E-state index is 0.0318. The van der Waals surface area contributed by atoms with E-state index in [2.05, 4.69) is 26.3 Å². The molecule has 0 saturated heterocycles. The molecule has 0 aliphatic rings. The van der Waals surface area contributed by atoms with Crippen LogP contribution < -0.4 is 15.8 Å². The molecule has 2 aromatic carbocycles. The Balaban J connectivity index is 1.92. The van der Waals surface area contributed by atoms with Gasteiger partial charge in [-0.3, -0.25) is 0 Å². The summed E-state index contributed by atoms with van der Waals surface area (Å²) in [4.78, 5) is 12.4.